The molecule has 2 heterocycles. The first-order valence-corrected chi connectivity index (χ1v) is 14.1. The van der Waals surface area contributed by atoms with Crippen molar-refractivity contribution in [3.05, 3.63) is 105 Å². The molecule has 0 unspecified atom stereocenters. The van der Waals surface area contributed by atoms with Crippen molar-refractivity contribution in [3.8, 4) is 21.7 Å². The lowest BCUT2D eigenvalue weighted by Gasteiger charge is -2.31. The van der Waals surface area contributed by atoms with E-state index in [4.69, 9.17) is 16.6 Å². The van der Waals surface area contributed by atoms with Gasteiger partial charge in [0.2, 0.25) is 5.91 Å². The lowest BCUT2D eigenvalue weighted by Crippen LogP contribution is -2.38. The van der Waals surface area contributed by atoms with E-state index in [-0.39, 0.29) is 5.91 Å². The van der Waals surface area contributed by atoms with Gasteiger partial charge in [-0.05, 0) is 61.1 Å². The summed E-state index contributed by atoms with van der Waals surface area (Å²) >= 11 is 7.96. The number of allylic oxidation sites excluding steroid dienone is 1. The summed E-state index contributed by atoms with van der Waals surface area (Å²) < 4.78 is 0. The molecule has 1 aliphatic carbocycles. The first-order valence-electron chi connectivity index (χ1n) is 12.9. The Bertz CT molecular complexity index is 1430. The second-order valence-electron chi connectivity index (χ2n) is 10.1. The smallest absolute Gasteiger partial charge is 0.250 e. The SMILES string of the molecule is CC1=C(C(=O)N2CCC(c3nc(-c4ccc(Cl)cc4)c(-c4ccc(C)cc4)s3)CC2)Cc2ccccc21. The molecule has 5 heteroatoms. The Labute approximate surface area is 227 Å². The number of rotatable bonds is 4. The Kier molecular flexibility index (Phi) is 6.48. The molecule has 6 rings (SSSR count). The van der Waals surface area contributed by atoms with Crippen LogP contribution in [0, 0.1) is 6.92 Å². The minimum Gasteiger partial charge on any atom is -0.339 e. The third kappa shape index (κ3) is 4.65. The fourth-order valence-electron chi connectivity index (χ4n) is 5.50. The number of thiazole rings is 1. The Hall–Kier alpha value is -3.21. The number of benzene rings is 3. The summed E-state index contributed by atoms with van der Waals surface area (Å²) in [5, 5.41) is 1.89. The molecule has 0 spiro atoms. The molecule has 3 nitrogen and oxygen atoms in total. The first kappa shape index (κ1) is 24.1. The number of fused-ring (bicyclic) bond motifs is 1. The standard InChI is InChI=1S/C32H29ClN2OS/c1-20-7-9-23(10-8-20)30-29(22-11-13-26(33)14-12-22)34-31(37-30)24-15-17-35(18-16-24)32(36)28-19-25-5-3-4-6-27(25)21(28)2/h3-14,24H,15-19H2,1-2H3. The summed E-state index contributed by atoms with van der Waals surface area (Å²) in [6.45, 7) is 5.74. The Morgan fingerprint density at radius 2 is 1.59 bits per heavy atom. The number of nitrogens with zero attached hydrogens (tertiary/aromatic N) is 2. The zero-order valence-electron chi connectivity index (χ0n) is 21.1. The van der Waals surface area contributed by atoms with Crippen molar-refractivity contribution < 1.29 is 4.79 Å². The van der Waals surface area contributed by atoms with Gasteiger partial charge in [-0.25, -0.2) is 4.98 Å². The van der Waals surface area contributed by atoms with Gasteiger partial charge in [0.25, 0.3) is 0 Å². The molecule has 186 valence electrons. The minimum absolute atomic E-state index is 0.202. The molecule has 2 aliphatic rings. The molecule has 1 fully saturated rings. The number of aromatic nitrogens is 1. The van der Waals surface area contributed by atoms with Crippen LogP contribution in [0.4, 0.5) is 0 Å². The van der Waals surface area contributed by atoms with Gasteiger partial charge in [0.05, 0.1) is 15.6 Å². The van der Waals surface area contributed by atoms with E-state index in [1.807, 2.05) is 12.1 Å². The molecule has 0 radical (unpaired) electrons. The van der Waals surface area contributed by atoms with Gasteiger partial charge in [0.1, 0.15) is 0 Å². The van der Waals surface area contributed by atoms with Crippen molar-refractivity contribution in [2.75, 3.05) is 13.1 Å². The highest BCUT2D eigenvalue weighted by atomic mass is 35.5. The molecule has 1 aliphatic heterocycles. The maximum Gasteiger partial charge on any atom is 0.250 e. The van der Waals surface area contributed by atoms with Crippen LogP contribution in [-0.4, -0.2) is 28.9 Å². The van der Waals surface area contributed by atoms with Crippen LogP contribution in [0.1, 0.15) is 47.4 Å². The molecule has 0 N–H and O–H groups in total. The lowest BCUT2D eigenvalue weighted by atomic mass is 9.96. The number of aryl methyl sites for hydroxylation is 1. The third-order valence-electron chi connectivity index (χ3n) is 7.71. The maximum absolute atomic E-state index is 13.4. The van der Waals surface area contributed by atoms with Crippen molar-refractivity contribution >= 4 is 34.4 Å². The van der Waals surface area contributed by atoms with Crippen molar-refractivity contribution in [1.29, 1.82) is 0 Å². The summed E-state index contributed by atoms with van der Waals surface area (Å²) in [6.07, 6.45) is 2.62. The monoisotopic (exact) mass is 524 g/mol. The van der Waals surface area contributed by atoms with Gasteiger partial charge in [-0.3, -0.25) is 4.79 Å². The molecule has 1 amide bonds. The molecule has 0 atom stereocenters. The van der Waals surface area contributed by atoms with Crippen LogP contribution in [-0.2, 0) is 11.2 Å². The van der Waals surface area contributed by atoms with Crippen molar-refractivity contribution in [2.45, 2.75) is 39.0 Å². The molecular formula is C32H29ClN2OS. The van der Waals surface area contributed by atoms with E-state index in [0.717, 1.165) is 64.8 Å². The van der Waals surface area contributed by atoms with Crippen LogP contribution in [0.3, 0.4) is 0 Å². The van der Waals surface area contributed by atoms with Crippen molar-refractivity contribution in [1.82, 2.24) is 9.88 Å². The highest BCUT2D eigenvalue weighted by Gasteiger charge is 2.31. The Morgan fingerprint density at radius 1 is 0.919 bits per heavy atom. The molecule has 4 aromatic rings. The zero-order chi connectivity index (χ0) is 25.5. The zero-order valence-corrected chi connectivity index (χ0v) is 22.7. The van der Waals surface area contributed by atoms with Crippen LogP contribution in [0.5, 0.6) is 0 Å². The average molecular weight is 525 g/mol. The van der Waals surface area contributed by atoms with E-state index in [9.17, 15) is 4.79 Å². The normalized spacial score (nSPS) is 15.8. The van der Waals surface area contributed by atoms with E-state index in [0.29, 0.717) is 5.92 Å². The number of amides is 1. The second kappa shape index (κ2) is 9.92. The van der Waals surface area contributed by atoms with E-state index in [1.54, 1.807) is 11.3 Å². The van der Waals surface area contributed by atoms with E-state index in [2.05, 4.69) is 79.4 Å². The predicted octanol–water partition coefficient (Wildman–Crippen LogP) is 8.17. The minimum atomic E-state index is 0.202. The van der Waals surface area contributed by atoms with Crippen LogP contribution < -0.4 is 0 Å². The molecule has 0 saturated carbocycles. The number of carbonyl (C=O) groups excluding carboxylic acids is 1. The highest BCUT2D eigenvalue weighted by molar-refractivity contribution is 7.15. The van der Waals surface area contributed by atoms with Gasteiger partial charge in [0.15, 0.2) is 0 Å². The fourth-order valence-corrected chi connectivity index (χ4v) is 6.89. The molecule has 37 heavy (non-hydrogen) atoms. The van der Waals surface area contributed by atoms with E-state index in [1.165, 1.54) is 27.1 Å². The van der Waals surface area contributed by atoms with Gasteiger partial charge in [0, 0.05) is 41.6 Å². The second-order valence-corrected chi connectivity index (χ2v) is 11.6. The van der Waals surface area contributed by atoms with Gasteiger partial charge >= 0.3 is 0 Å². The number of hydrogen-bond acceptors (Lipinski definition) is 3. The predicted molar refractivity (Wildman–Crippen MR) is 154 cm³/mol. The number of piperidine rings is 1. The maximum atomic E-state index is 13.4. The van der Waals surface area contributed by atoms with Gasteiger partial charge in [-0.1, -0.05) is 77.8 Å². The van der Waals surface area contributed by atoms with Crippen molar-refractivity contribution in [2.24, 2.45) is 0 Å². The van der Waals surface area contributed by atoms with E-state index < -0.39 is 0 Å². The summed E-state index contributed by atoms with van der Waals surface area (Å²) in [6, 6.07) is 25.0. The Balaban J connectivity index is 1.23. The van der Waals surface area contributed by atoms with Gasteiger partial charge < -0.3 is 4.90 Å². The van der Waals surface area contributed by atoms with Gasteiger partial charge in [-0.15, -0.1) is 11.3 Å². The Morgan fingerprint density at radius 3 is 2.30 bits per heavy atom. The summed E-state index contributed by atoms with van der Waals surface area (Å²) in [5.41, 5.74) is 9.12. The highest BCUT2D eigenvalue weighted by Crippen LogP contribution is 2.42. The largest absolute Gasteiger partial charge is 0.339 e. The molecule has 0 bridgehead atoms. The van der Waals surface area contributed by atoms with Gasteiger partial charge in [-0.2, -0.15) is 0 Å². The quantitative estimate of drug-likeness (QED) is 0.269. The van der Waals surface area contributed by atoms with Crippen LogP contribution in [0.25, 0.3) is 27.3 Å². The van der Waals surface area contributed by atoms with Crippen LogP contribution in [0.15, 0.2) is 78.4 Å². The molecular weight excluding hydrogens is 496 g/mol. The molecule has 1 aromatic heterocycles. The number of carbonyl (C=O) groups is 1. The summed E-state index contributed by atoms with van der Waals surface area (Å²) in [4.78, 5) is 21.9. The average Bonchev–Trinajstić information content (AvgIpc) is 3.51. The number of hydrogen-bond donors (Lipinski definition) is 0. The topological polar surface area (TPSA) is 33.2 Å². The first-order chi connectivity index (χ1) is 18.0. The van der Waals surface area contributed by atoms with Crippen LogP contribution in [0.2, 0.25) is 5.02 Å². The van der Waals surface area contributed by atoms with Crippen LogP contribution >= 0.6 is 22.9 Å². The molecule has 3 aromatic carbocycles. The fraction of sp³-hybridized carbons (Fsp3) is 0.250. The molecule has 1 saturated heterocycles. The summed E-state index contributed by atoms with van der Waals surface area (Å²) in [5.74, 6) is 0.559. The van der Waals surface area contributed by atoms with Crippen molar-refractivity contribution in [3.63, 3.8) is 0 Å². The summed E-state index contributed by atoms with van der Waals surface area (Å²) in [7, 11) is 0. The lowest BCUT2D eigenvalue weighted by molar-refractivity contribution is -0.128. The third-order valence-corrected chi connectivity index (χ3v) is 9.22. The van der Waals surface area contributed by atoms with E-state index >= 15 is 0 Å². The number of halogens is 1. The number of likely N-dealkylation sites (tertiary alicyclic amines) is 1.